The molecular formula is C84H106Cl4N22O5. The van der Waals surface area contributed by atoms with Crippen molar-refractivity contribution in [2.45, 2.75) is 86.5 Å². The van der Waals surface area contributed by atoms with Crippen molar-refractivity contribution in [1.82, 2.24) is 60.8 Å². The highest BCUT2D eigenvalue weighted by Gasteiger charge is 2.37. The molecule has 2 amide bonds. The van der Waals surface area contributed by atoms with Gasteiger partial charge in [0.15, 0.2) is 23.3 Å². The van der Waals surface area contributed by atoms with Crippen LogP contribution in [0.15, 0.2) is 141 Å². The maximum atomic E-state index is 12.1. The number of ketones is 1. The van der Waals surface area contributed by atoms with Gasteiger partial charge in [0.25, 0.3) is 0 Å². The number of nitrogens with one attached hydrogen (secondary N) is 5. The Morgan fingerprint density at radius 3 is 0.939 bits per heavy atom. The Bertz CT molecular complexity index is 4560. The summed E-state index contributed by atoms with van der Waals surface area (Å²) in [4.78, 5) is 79.0. The predicted octanol–water partition coefficient (Wildman–Crippen LogP) is 12.7. The number of carbonyl (C=O) groups is 4. The average Bonchev–Trinajstić information content (AvgIpc) is 1.66. The summed E-state index contributed by atoms with van der Waals surface area (Å²) in [5.74, 6) is 2.11. The van der Waals surface area contributed by atoms with E-state index in [1.807, 2.05) is 171 Å². The van der Waals surface area contributed by atoms with E-state index in [-0.39, 0.29) is 65.4 Å². The molecule has 0 saturated carbocycles. The summed E-state index contributed by atoms with van der Waals surface area (Å²) >= 11 is 24.2. The summed E-state index contributed by atoms with van der Waals surface area (Å²) in [6.07, 6.45) is 18.9. The highest BCUT2D eigenvalue weighted by Crippen LogP contribution is 2.43. The number of nitrogens with two attached hydrogens (primary N) is 2. The number of halogens is 4. The van der Waals surface area contributed by atoms with Crippen LogP contribution in [-0.4, -0.2) is 259 Å². The van der Waals surface area contributed by atoms with Crippen molar-refractivity contribution in [3.8, 4) is 45.0 Å². The van der Waals surface area contributed by atoms with Gasteiger partial charge in [-0.15, -0.1) is 0 Å². The molecule has 12 heterocycles. The molecule has 4 aromatic carbocycles. The number of carboxylic acid groups (broad SMARTS) is 1. The first-order valence-corrected chi connectivity index (χ1v) is 38.6. The van der Waals surface area contributed by atoms with Gasteiger partial charge >= 0.3 is 5.97 Å². The molecule has 8 aliphatic heterocycles. The number of allylic oxidation sites excluding steroid dienone is 4. The van der Waals surface area contributed by atoms with Gasteiger partial charge < -0.3 is 41.5 Å². The molecule has 0 aliphatic carbocycles. The largest absolute Gasteiger partial charge is 0.480 e. The standard InChI is InChI=1S/C21H24ClN5O.C20H23ClN6O.C20H22ClN5O2.C19H21ClN6O.4CH4/c1-14(28)18-13-27(12-11-26(18)2)21-19(15-7-9-23-10-8-15)20(24-25-21)16-3-5-17(22)6-4-16;1-26-10-11-27(12-16(26)19(22)28)20-17(13-6-8-23-9-7-13)18(24-25-20)14-2-4-15(21)5-3-14;1-25-10-11-26(12-16(25)20(27)28)19-17(13-6-8-22-9-7-13)18(23-24-19)14-2-4-15(21)5-3-14;20-14-3-1-13(2-4-14)17-16(12-5-7-22-8-6-12)19(25-24-17)26-10-9-23-15(11-26)18(21)27;;;;/h3-7,9,18H,8,10-13H2,1-2H3,(H,24,25);2-6,8,16H,7,9-12H2,1H3,(H2,22,28)(H,24,25);2-6,8,16H,7,9-12H2,1H3,(H,23,24)(H,27,28);1-5,7,15,23H,6,8-11H2,(H2,21,27)(H,24,25);4*1H4. The van der Waals surface area contributed by atoms with Crippen molar-refractivity contribution in [2.24, 2.45) is 31.4 Å². The van der Waals surface area contributed by atoms with Crippen molar-refractivity contribution in [2.75, 3.05) is 145 Å². The number of aromatic nitrogens is 8. The second-order valence-corrected chi connectivity index (χ2v) is 30.0. The van der Waals surface area contributed by atoms with Gasteiger partial charge in [-0.1, -0.05) is 125 Å². The maximum absolute atomic E-state index is 12.1. The van der Waals surface area contributed by atoms with E-state index >= 15 is 0 Å². The molecule has 115 heavy (non-hydrogen) atoms. The number of likely N-dealkylation sites (N-methyl/N-ethyl adjacent to an activating group) is 3. The van der Waals surface area contributed by atoms with Crippen molar-refractivity contribution in [3.63, 3.8) is 0 Å². The van der Waals surface area contributed by atoms with E-state index in [4.69, 9.17) is 57.9 Å². The lowest BCUT2D eigenvalue weighted by Gasteiger charge is -2.38. The van der Waals surface area contributed by atoms with E-state index in [0.29, 0.717) is 59.4 Å². The van der Waals surface area contributed by atoms with Gasteiger partial charge in [0.2, 0.25) is 11.8 Å². The molecule has 0 radical (unpaired) electrons. The number of anilines is 4. The number of rotatable bonds is 16. The zero-order chi connectivity index (χ0) is 77.8. The molecule has 4 saturated heterocycles. The van der Waals surface area contributed by atoms with Crippen molar-refractivity contribution >= 4 is 140 Å². The minimum Gasteiger partial charge on any atom is -0.480 e. The summed E-state index contributed by atoms with van der Waals surface area (Å²) in [5.41, 5.74) is 27.9. The molecule has 27 nitrogen and oxygen atoms in total. The fourth-order valence-electron chi connectivity index (χ4n) is 14.9. The lowest BCUT2D eigenvalue weighted by atomic mass is 9.96. The Balaban J connectivity index is 0.000000173. The van der Waals surface area contributed by atoms with Gasteiger partial charge in [0, 0.05) is 194 Å². The van der Waals surface area contributed by atoms with Gasteiger partial charge in [-0.25, -0.2) is 0 Å². The van der Waals surface area contributed by atoms with Crippen LogP contribution in [-0.2, 0) is 19.2 Å². The number of Topliss-reactive ketones (excluding diaryl/α,β-unsaturated/α-hetero) is 1. The van der Waals surface area contributed by atoms with Crippen molar-refractivity contribution < 1.29 is 24.3 Å². The molecule has 4 atom stereocenters. The molecule has 16 rings (SSSR count). The van der Waals surface area contributed by atoms with E-state index in [9.17, 15) is 24.3 Å². The predicted molar refractivity (Wildman–Crippen MR) is 473 cm³/mol. The number of aromatic amines is 4. The molecule has 610 valence electrons. The molecule has 8 aromatic rings. The number of dihydropyridines is 4. The summed E-state index contributed by atoms with van der Waals surface area (Å²) in [5, 5.41) is 46.9. The first-order chi connectivity index (χ1) is 53.8. The smallest absolute Gasteiger partial charge is 0.322 e. The SMILES string of the molecule is C.C.C.C.CC(=O)C1CN(c2n[nH]c(-c3ccc(Cl)cc3)c2C2=CC=NCC2)CCN1C.CN1CCN(c2n[nH]c(-c3ccc(Cl)cc3)c2C2=CC=NCC2)CC1C(=O)O.CN1CCN(c2n[nH]c(-c3ccc(Cl)cc3)c2C2=CC=NCC2)CC1C(N)=O.NC(=O)C1CN(c2n[nH]c(-c3ccc(Cl)cc3)c2C2=CC=NCC2)CCN1. The van der Waals surface area contributed by atoms with E-state index in [1.165, 1.54) is 16.7 Å². The number of piperazine rings is 4. The minimum absolute atomic E-state index is 0. The zero-order valence-electron chi connectivity index (χ0n) is 62.3. The summed E-state index contributed by atoms with van der Waals surface area (Å²) in [7, 11) is 5.78. The molecule has 10 N–H and O–H groups in total. The number of hydrogen-bond acceptors (Lipinski definition) is 20. The number of aliphatic imine (C=N–C) groups is 4. The monoisotopic (exact) mass is 1640 g/mol. The van der Waals surface area contributed by atoms with E-state index in [1.54, 1.807) is 6.92 Å². The van der Waals surface area contributed by atoms with Gasteiger partial charge in [-0.05, 0) is 149 Å². The fourth-order valence-corrected chi connectivity index (χ4v) is 15.4. The molecule has 0 spiro atoms. The first kappa shape index (κ1) is 88.6. The number of benzene rings is 4. The minimum atomic E-state index is -0.814. The van der Waals surface area contributed by atoms with Crippen LogP contribution >= 0.6 is 46.4 Å². The third-order valence-corrected chi connectivity index (χ3v) is 22.1. The average molecular weight is 1650 g/mol. The molecule has 8 aliphatic rings. The third kappa shape index (κ3) is 20.8. The second-order valence-electron chi connectivity index (χ2n) is 28.2. The number of carbonyl (C=O) groups excluding carboxylic acids is 3. The second kappa shape index (κ2) is 40.8. The van der Waals surface area contributed by atoms with Crippen LogP contribution in [0.5, 0.6) is 0 Å². The van der Waals surface area contributed by atoms with Crippen LogP contribution in [0, 0.1) is 0 Å². The van der Waals surface area contributed by atoms with Crippen LogP contribution in [0.3, 0.4) is 0 Å². The number of aliphatic carboxylic acids is 1. The lowest BCUT2D eigenvalue weighted by molar-refractivity contribution is -0.143. The van der Waals surface area contributed by atoms with Gasteiger partial charge in [-0.3, -0.25) is 74.2 Å². The van der Waals surface area contributed by atoms with E-state index < -0.39 is 12.0 Å². The fraction of sp³-hybridized carbons (Fsp3) is 0.381. The maximum Gasteiger partial charge on any atom is 0.322 e. The highest BCUT2D eigenvalue weighted by molar-refractivity contribution is 6.31. The summed E-state index contributed by atoms with van der Waals surface area (Å²) in [6, 6.07) is 29.4. The molecule has 4 fully saturated rings. The molecule has 4 unspecified atom stereocenters. The molecule has 4 aromatic heterocycles. The van der Waals surface area contributed by atoms with Gasteiger partial charge in [0.05, 0.1) is 28.8 Å². The van der Waals surface area contributed by atoms with Gasteiger partial charge in [0.1, 0.15) is 23.9 Å². The first-order valence-electron chi connectivity index (χ1n) is 37.1. The highest BCUT2D eigenvalue weighted by atomic mass is 35.5. The Kier molecular flexibility index (Phi) is 31.4. The molecule has 0 bridgehead atoms. The van der Waals surface area contributed by atoms with E-state index in [2.05, 4.69) is 96.7 Å². The number of amides is 2. The van der Waals surface area contributed by atoms with Crippen LogP contribution in [0.4, 0.5) is 23.3 Å². The Morgan fingerprint density at radius 1 is 0.391 bits per heavy atom. The quantitative estimate of drug-likeness (QED) is 0.0445. The van der Waals surface area contributed by atoms with Crippen molar-refractivity contribution in [1.29, 1.82) is 0 Å². The summed E-state index contributed by atoms with van der Waals surface area (Å²) in [6.45, 7) is 12.7. The normalized spacial score (nSPS) is 19.5. The number of hydrogen-bond donors (Lipinski definition) is 8. The van der Waals surface area contributed by atoms with Crippen molar-refractivity contribution in [3.05, 3.63) is 164 Å². The Hall–Kier alpha value is -10.4. The van der Waals surface area contributed by atoms with Gasteiger partial charge in [-0.2, -0.15) is 20.4 Å². The van der Waals surface area contributed by atoms with Crippen LogP contribution in [0.2, 0.25) is 20.1 Å². The van der Waals surface area contributed by atoms with E-state index in [0.717, 1.165) is 187 Å². The number of H-pyrrole nitrogens is 4. The Labute approximate surface area is 693 Å². The zero-order valence-corrected chi connectivity index (χ0v) is 65.3. The third-order valence-electron chi connectivity index (χ3n) is 21.1. The molecular weight excluding hydrogens is 1540 g/mol. The summed E-state index contributed by atoms with van der Waals surface area (Å²) < 4.78 is 0. The number of carboxylic acids is 1. The van der Waals surface area contributed by atoms with Crippen LogP contribution < -0.4 is 36.4 Å². The number of nitrogens with zero attached hydrogens (tertiary/aromatic N) is 15. The Morgan fingerprint density at radius 2 is 0.670 bits per heavy atom. The number of primary amides is 2. The lowest BCUT2D eigenvalue weighted by Crippen LogP contribution is -2.57. The van der Waals surface area contributed by atoms with Crippen LogP contribution in [0.1, 0.15) is 84.6 Å². The molecule has 31 heteroatoms. The topological polar surface area (TPSA) is 339 Å². The van der Waals surface area contributed by atoms with Crippen LogP contribution in [0.25, 0.3) is 67.3 Å².